The van der Waals surface area contributed by atoms with E-state index in [9.17, 15) is 14.0 Å². The zero-order valence-corrected chi connectivity index (χ0v) is 13.7. The quantitative estimate of drug-likeness (QED) is 0.832. The Bertz CT molecular complexity index is 604. The maximum absolute atomic E-state index is 13.0. The van der Waals surface area contributed by atoms with Gasteiger partial charge in [-0.15, -0.1) is 0 Å². The Morgan fingerprint density at radius 2 is 2.09 bits per heavy atom. The predicted molar refractivity (Wildman–Crippen MR) is 90.5 cm³/mol. The molecule has 1 atom stereocenters. The van der Waals surface area contributed by atoms with Crippen molar-refractivity contribution >= 4 is 29.3 Å². The van der Waals surface area contributed by atoms with Gasteiger partial charge in [0.25, 0.3) is 0 Å². The molecule has 0 aliphatic carbocycles. The third-order valence-corrected chi connectivity index (χ3v) is 4.32. The second kappa shape index (κ2) is 8.01. The number of halogens is 1. The Hall–Kier alpha value is -2.02. The van der Waals surface area contributed by atoms with E-state index < -0.39 is 12.1 Å². The van der Waals surface area contributed by atoms with Gasteiger partial charge in [-0.2, -0.15) is 11.8 Å². The maximum atomic E-state index is 13.0. The zero-order chi connectivity index (χ0) is 16.8. The Morgan fingerprint density at radius 3 is 2.70 bits per heavy atom. The number of hydrogen-bond acceptors (Lipinski definition) is 3. The van der Waals surface area contributed by atoms with Crippen molar-refractivity contribution < 1.29 is 14.0 Å². The fraction of sp³-hybridized carbons (Fsp3) is 0.375. The fourth-order valence-corrected chi connectivity index (χ4v) is 2.95. The summed E-state index contributed by atoms with van der Waals surface area (Å²) in [7, 11) is 0. The average Bonchev–Trinajstić information content (AvgIpc) is 3.01. The molecule has 1 aliphatic rings. The molecule has 0 fully saturated rings. The SMILES string of the molecule is CSCC[C@@H](NC(N)=O)C(=O)N1CC=C(c2ccc(F)cc2)C1. The molecule has 23 heavy (non-hydrogen) atoms. The van der Waals surface area contributed by atoms with Gasteiger partial charge in [-0.1, -0.05) is 18.2 Å². The Kier molecular flexibility index (Phi) is 6.04. The number of carbonyl (C=O) groups is 2. The van der Waals surface area contributed by atoms with Gasteiger partial charge in [0.05, 0.1) is 0 Å². The molecule has 0 unspecified atom stereocenters. The third-order valence-electron chi connectivity index (χ3n) is 3.67. The van der Waals surface area contributed by atoms with Crippen molar-refractivity contribution in [2.24, 2.45) is 5.73 Å². The number of hydrogen-bond donors (Lipinski definition) is 2. The summed E-state index contributed by atoms with van der Waals surface area (Å²) in [6.07, 6.45) is 4.42. The molecular formula is C16H20FN3O2S. The van der Waals surface area contributed by atoms with E-state index in [1.165, 1.54) is 12.1 Å². The normalized spacial score (nSPS) is 15.2. The molecule has 3 N–H and O–H groups in total. The van der Waals surface area contributed by atoms with Crippen LogP contribution in [0.5, 0.6) is 0 Å². The van der Waals surface area contributed by atoms with E-state index >= 15 is 0 Å². The number of urea groups is 1. The number of nitrogens with two attached hydrogens (primary N) is 1. The standard InChI is InChI=1S/C16H20FN3O2S/c1-23-9-7-14(19-16(18)22)15(21)20-8-6-12(10-20)11-2-4-13(17)5-3-11/h2-6,14H,7-10H2,1H3,(H3,18,19,22)/t14-/m1/s1. The summed E-state index contributed by atoms with van der Waals surface area (Å²) < 4.78 is 13.0. The number of nitrogens with one attached hydrogen (secondary N) is 1. The van der Waals surface area contributed by atoms with Crippen molar-refractivity contribution in [2.75, 3.05) is 25.1 Å². The van der Waals surface area contributed by atoms with Gasteiger partial charge in [0, 0.05) is 13.1 Å². The lowest BCUT2D eigenvalue weighted by atomic mass is 10.1. The van der Waals surface area contributed by atoms with Gasteiger partial charge < -0.3 is 16.0 Å². The van der Waals surface area contributed by atoms with E-state index in [2.05, 4.69) is 5.32 Å². The van der Waals surface area contributed by atoms with E-state index in [4.69, 9.17) is 5.73 Å². The molecule has 0 spiro atoms. The van der Waals surface area contributed by atoms with E-state index in [1.54, 1.807) is 28.8 Å². The molecule has 2 rings (SSSR count). The highest BCUT2D eigenvalue weighted by molar-refractivity contribution is 7.98. The van der Waals surface area contributed by atoms with Crippen molar-refractivity contribution in [1.82, 2.24) is 10.2 Å². The number of rotatable bonds is 6. The molecule has 1 aromatic carbocycles. The minimum absolute atomic E-state index is 0.147. The number of thioether (sulfide) groups is 1. The molecule has 3 amide bonds. The van der Waals surface area contributed by atoms with Crippen LogP contribution in [0.2, 0.25) is 0 Å². The Morgan fingerprint density at radius 1 is 1.39 bits per heavy atom. The summed E-state index contributed by atoms with van der Waals surface area (Å²) in [5.74, 6) is 0.317. The lowest BCUT2D eigenvalue weighted by Crippen LogP contribution is -2.49. The Labute approximate surface area is 139 Å². The molecule has 0 saturated heterocycles. The van der Waals surface area contributed by atoms with Crippen LogP contribution in [0.25, 0.3) is 5.57 Å². The molecular weight excluding hydrogens is 317 g/mol. The largest absolute Gasteiger partial charge is 0.352 e. The van der Waals surface area contributed by atoms with Gasteiger partial charge >= 0.3 is 6.03 Å². The van der Waals surface area contributed by atoms with Crippen molar-refractivity contribution in [3.8, 4) is 0 Å². The van der Waals surface area contributed by atoms with Crippen LogP contribution in [0.15, 0.2) is 30.3 Å². The van der Waals surface area contributed by atoms with Crippen molar-refractivity contribution in [2.45, 2.75) is 12.5 Å². The lowest BCUT2D eigenvalue weighted by Gasteiger charge is -2.23. The van der Waals surface area contributed by atoms with E-state index in [0.717, 1.165) is 16.9 Å². The topological polar surface area (TPSA) is 75.4 Å². The summed E-state index contributed by atoms with van der Waals surface area (Å²) in [5.41, 5.74) is 7.02. The number of carbonyl (C=O) groups excluding carboxylic acids is 2. The first-order chi connectivity index (χ1) is 11.0. The first-order valence-electron chi connectivity index (χ1n) is 7.30. The Balaban J connectivity index is 2.00. The summed E-state index contributed by atoms with van der Waals surface area (Å²) >= 11 is 1.60. The molecule has 7 heteroatoms. The average molecular weight is 337 g/mol. The highest BCUT2D eigenvalue weighted by atomic mass is 32.2. The minimum atomic E-state index is -0.699. The van der Waals surface area contributed by atoms with Crippen LogP contribution in [-0.2, 0) is 4.79 Å². The van der Waals surface area contributed by atoms with Crippen LogP contribution in [0.1, 0.15) is 12.0 Å². The number of primary amides is 1. The molecule has 1 heterocycles. The summed E-state index contributed by atoms with van der Waals surface area (Å²) in [5, 5.41) is 2.51. The maximum Gasteiger partial charge on any atom is 0.312 e. The van der Waals surface area contributed by atoms with E-state index in [-0.39, 0.29) is 11.7 Å². The van der Waals surface area contributed by atoms with Crippen LogP contribution in [-0.4, -0.2) is 48.0 Å². The number of nitrogens with zero attached hydrogens (tertiary/aromatic N) is 1. The molecule has 1 aliphatic heterocycles. The van der Waals surface area contributed by atoms with Crippen LogP contribution >= 0.6 is 11.8 Å². The second-order valence-corrected chi connectivity index (χ2v) is 6.28. The van der Waals surface area contributed by atoms with Crippen LogP contribution in [0.4, 0.5) is 9.18 Å². The third kappa shape index (κ3) is 4.72. The van der Waals surface area contributed by atoms with E-state index in [0.29, 0.717) is 19.5 Å². The van der Waals surface area contributed by atoms with Crippen molar-refractivity contribution in [1.29, 1.82) is 0 Å². The van der Waals surface area contributed by atoms with Gasteiger partial charge in [0.2, 0.25) is 5.91 Å². The van der Waals surface area contributed by atoms with Gasteiger partial charge in [-0.3, -0.25) is 4.79 Å². The van der Waals surface area contributed by atoms with Gasteiger partial charge in [-0.05, 0) is 41.7 Å². The molecule has 0 saturated carbocycles. The van der Waals surface area contributed by atoms with Crippen LogP contribution in [0, 0.1) is 5.82 Å². The summed E-state index contributed by atoms with van der Waals surface area (Å²) in [4.78, 5) is 25.3. The lowest BCUT2D eigenvalue weighted by molar-refractivity contribution is -0.131. The van der Waals surface area contributed by atoms with Crippen LogP contribution < -0.4 is 11.1 Å². The summed E-state index contributed by atoms with van der Waals surface area (Å²) in [6.45, 7) is 0.919. The first-order valence-corrected chi connectivity index (χ1v) is 8.69. The predicted octanol–water partition coefficient (Wildman–Crippen LogP) is 1.84. The molecule has 0 aromatic heterocycles. The number of benzene rings is 1. The first kappa shape index (κ1) is 17.3. The molecule has 5 nitrogen and oxygen atoms in total. The van der Waals surface area contributed by atoms with Gasteiger partial charge in [0.15, 0.2) is 0 Å². The number of amides is 3. The van der Waals surface area contributed by atoms with Crippen LogP contribution in [0.3, 0.4) is 0 Å². The smallest absolute Gasteiger partial charge is 0.312 e. The zero-order valence-electron chi connectivity index (χ0n) is 12.9. The summed E-state index contributed by atoms with van der Waals surface area (Å²) in [6, 6.07) is 4.88. The fourth-order valence-electron chi connectivity index (χ4n) is 2.48. The molecule has 0 radical (unpaired) electrons. The molecule has 124 valence electrons. The van der Waals surface area contributed by atoms with Gasteiger partial charge in [-0.25, -0.2) is 9.18 Å². The van der Waals surface area contributed by atoms with Gasteiger partial charge in [0.1, 0.15) is 11.9 Å². The highest BCUT2D eigenvalue weighted by Gasteiger charge is 2.27. The van der Waals surface area contributed by atoms with Crippen molar-refractivity contribution in [3.63, 3.8) is 0 Å². The van der Waals surface area contributed by atoms with E-state index in [1.807, 2.05) is 12.3 Å². The molecule has 1 aromatic rings. The van der Waals surface area contributed by atoms with Crippen molar-refractivity contribution in [3.05, 3.63) is 41.7 Å². The highest BCUT2D eigenvalue weighted by Crippen LogP contribution is 2.22. The minimum Gasteiger partial charge on any atom is -0.352 e. The second-order valence-electron chi connectivity index (χ2n) is 5.30. The monoisotopic (exact) mass is 337 g/mol. The molecule has 0 bridgehead atoms.